The summed E-state index contributed by atoms with van der Waals surface area (Å²) in [6.45, 7) is 1.38. The van der Waals surface area contributed by atoms with Gasteiger partial charge >= 0.3 is 0 Å². The van der Waals surface area contributed by atoms with Crippen molar-refractivity contribution in [3.8, 4) is 0 Å². The second-order valence-corrected chi connectivity index (χ2v) is 7.90. The lowest BCUT2D eigenvalue weighted by atomic mass is 9.71. The highest BCUT2D eigenvalue weighted by Crippen LogP contribution is 2.45. The van der Waals surface area contributed by atoms with Crippen molar-refractivity contribution in [3.63, 3.8) is 0 Å². The molecule has 0 aromatic carbocycles. The highest BCUT2D eigenvalue weighted by atomic mass is 15.4. The van der Waals surface area contributed by atoms with Gasteiger partial charge in [-0.05, 0) is 44.4 Å². The fourth-order valence-corrected chi connectivity index (χ4v) is 5.91. The van der Waals surface area contributed by atoms with Gasteiger partial charge in [-0.2, -0.15) is 0 Å². The van der Waals surface area contributed by atoms with Crippen LogP contribution in [0, 0.1) is 5.92 Å². The van der Waals surface area contributed by atoms with Crippen LogP contribution in [-0.4, -0.2) is 29.2 Å². The second-order valence-electron chi connectivity index (χ2n) is 7.90. The number of hydrogen-bond donors (Lipinski definition) is 1. The molecule has 0 aromatic heterocycles. The van der Waals surface area contributed by atoms with Crippen LogP contribution in [0.15, 0.2) is 0 Å². The summed E-state index contributed by atoms with van der Waals surface area (Å²) >= 11 is 0. The van der Waals surface area contributed by atoms with Crippen molar-refractivity contribution in [2.45, 2.75) is 101 Å². The van der Waals surface area contributed by atoms with Gasteiger partial charge in [0.05, 0.1) is 5.66 Å². The molecule has 1 aliphatic carbocycles. The molecule has 20 heavy (non-hydrogen) atoms. The molecule has 4 aliphatic rings. The van der Waals surface area contributed by atoms with Crippen molar-refractivity contribution < 1.29 is 0 Å². The number of nitrogens with zero attached hydrogens (tertiary/aromatic N) is 1. The monoisotopic (exact) mass is 276 g/mol. The van der Waals surface area contributed by atoms with E-state index in [1.807, 2.05) is 0 Å². The molecule has 2 bridgehead atoms. The van der Waals surface area contributed by atoms with Gasteiger partial charge in [0.15, 0.2) is 0 Å². The molecule has 1 saturated carbocycles. The number of hydrogen-bond acceptors (Lipinski definition) is 2. The fourth-order valence-electron chi connectivity index (χ4n) is 5.91. The van der Waals surface area contributed by atoms with Gasteiger partial charge in [0.25, 0.3) is 0 Å². The van der Waals surface area contributed by atoms with Crippen LogP contribution in [0.4, 0.5) is 0 Å². The first kappa shape index (κ1) is 13.6. The molecule has 2 nitrogen and oxygen atoms in total. The highest BCUT2D eigenvalue weighted by molar-refractivity contribution is 5.06. The van der Waals surface area contributed by atoms with Crippen molar-refractivity contribution in [2.24, 2.45) is 5.92 Å². The van der Waals surface area contributed by atoms with Crippen molar-refractivity contribution in [2.75, 3.05) is 6.54 Å². The number of nitrogens with one attached hydrogen (secondary N) is 1. The van der Waals surface area contributed by atoms with Crippen LogP contribution >= 0.6 is 0 Å². The van der Waals surface area contributed by atoms with Crippen LogP contribution in [0.2, 0.25) is 0 Å². The van der Waals surface area contributed by atoms with Gasteiger partial charge in [-0.3, -0.25) is 10.2 Å². The van der Waals surface area contributed by atoms with E-state index in [0.717, 1.165) is 18.0 Å². The Morgan fingerprint density at radius 3 is 2.40 bits per heavy atom. The Labute approximate surface area is 124 Å². The largest absolute Gasteiger partial charge is 0.296 e. The molecule has 4 atom stereocenters. The lowest BCUT2D eigenvalue weighted by Crippen LogP contribution is -2.73. The van der Waals surface area contributed by atoms with Gasteiger partial charge in [0.1, 0.15) is 0 Å². The Bertz CT molecular complexity index is 342. The lowest BCUT2D eigenvalue weighted by Gasteiger charge is -2.60. The van der Waals surface area contributed by atoms with Crippen LogP contribution in [0.25, 0.3) is 0 Å². The first-order valence-electron chi connectivity index (χ1n) is 9.44. The third kappa shape index (κ3) is 2.23. The molecule has 0 aromatic rings. The Balaban J connectivity index is 1.68. The SMILES string of the molecule is C1CCC2C3CCCCC3NC3(CC1)CCCCCN23. The number of rotatable bonds is 0. The Kier molecular flexibility index (Phi) is 3.80. The van der Waals surface area contributed by atoms with E-state index in [9.17, 15) is 0 Å². The van der Waals surface area contributed by atoms with E-state index in [-0.39, 0.29) is 0 Å². The normalized spacial score (nSPS) is 46.5. The molecule has 1 N–H and O–H groups in total. The maximum absolute atomic E-state index is 4.24. The molecule has 4 rings (SSSR count). The second kappa shape index (κ2) is 5.61. The molecule has 0 amide bonds. The molecule has 3 saturated heterocycles. The minimum absolute atomic E-state index is 0.403. The quantitative estimate of drug-likeness (QED) is 0.718. The van der Waals surface area contributed by atoms with E-state index in [2.05, 4.69) is 10.2 Å². The summed E-state index contributed by atoms with van der Waals surface area (Å²) in [6, 6.07) is 1.76. The molecule has 0 spiro atoms. The molecular weight excluding hydrogens is 244 g/mol. The van der Waals surface area contributed by atoms with Crippen molar-refractivity contribution >= 4 is 0 Å². The first-order chi connectivity index (χ1) is 9.89. The molecule has 3 aliphatic heterocycles. The highest BCUT2D eigenvalue weighted by Gasteiger charge is 2.51. The minimum Gasteiger partial charge on any atom is -0.296 e. The van der Waals surface area contributed by atoms with E-state index < -0.39 is 0 Å². The van der Waals surface area contributed by atoms with Gasteiger partial charge in [-0.15, -0.1) is 0 Å². The summed E-state index contributed by atoms with van der Waals surface area (Å²) in [5, 5.41) is 4.24. The van der Waals surface area contributed by atoms with E-state index in [0.29, 0.717) is 5.66 Å². The summed E-state index contributed by atoms with van der Waals surface area (Å²) in [4.78, 5) is 2.99. The lowest BCUT2D eigenvalue weighted by molar-refractivity contribution is -0.0934. The predicted octanol–water partition coefficient (Wildman–Crippen LogP) is 4.05. The van der Waals surface area contributed by atoms with Crippen LogP contribution in [0.3, 0.4) is 0 Å². The van der Waals surface area contributed by atoms with Gasteiger partial charge in [-0.25, -0.2) is 0 Å². The molecule has 4 fully saturated rings. The molecule has 3 heterocycles. The summed E-state index contributed by atoms with van der Waals surface area (Å²) in [5.74, 6) is 0.966. The average Bonchev–Trinajstić information content (AvgIpc) is 2.66. The van der Waals surface area contributed by atoms with Crippen molar-refractivity contribution in [3.05, 3.63) is 0 Å². The molecular formula is C18H32N2. The Hall–Kier alpha value is -0.0800. The first-order valence-corrected chi connectivity index (χ1v) is 9.44. The predicted molar refractivity (Wildman–Crippen MR) is 83.7 cm³/mol. The molecule has 0 radical (unpaired) electrons. The molecule has 114 valence electrons. The van der Waals surface area contributed by atoms with Gasteiger partial charge in [0.2, 0.25) is 0 Å². The van der Waals surface area contributed by atoms with Crippen molar-refractivity contribution in [1.82, 2.24) is 10.2 Å². The summed E-state index contributed by atoms with van der Waals surface area (Å²) < 4.78 is 0. The van der Waals surface area contributed by atoms with Crippen molar-refractivity contribution in [1.29, 1.82) is 0 Å². The Morgan fingerprint density at radius 2 is 1.50 bits per heavy atom. The third-order valence-corrected chi connectivity index (χ3v) is 6.80. The zero-order valence-corrected chi connectivity index (χ0v) is 13.1. The maximum atomic E-state index is 4.24. The van der Waals surface area contributed by atoms with E-state index in [1.165, 1.54) is 90.0 Å². The minimum atomic E-state index is 0.403. The Morgan fingerprint density at radius 1 is 0.750 bits per heavy atom. The topological polar surface area (TPSA) is 15.3 Å². The summed E-state index contributed by atoms with van der Waals surface area (Å²) in [5.41, 5.74) is 0.403. The fraction of sp³-hybridized carbons (Fsp3) is 1.00. The van der Waals surface area contributed by atoms with E-state index in [1.54, 1.807) is 0 Å². The average molecular weight is 276 g/mol. The molecule has 4 unspecified atom stereocenters. The van der Waals surface area contributed by atoms with Gasteiger partial charge in [-0.1, -0.05) is 44.9 Å². The zero-order chi connectivity index (χ0) is 13.4. The summed E-state index contributed by atoms with van der Waals surface area (Å²) in [6.07, 6.45) is 19.0. The van der Waals surface area contributed by atoms with Gasteiger partial charge in [0, 0.05) is 18.6 Å². The summed E-state index contributed by atoms with van der Waals surface area (Å²) in [7, 11) is 0. The molecule has 2 heteroatoms. The smallest absolute Gasteiger partial charge is 0.0717 e. The zero-order valence-electron chi connectivity index (χ0n) is 13.1. The van der Waals surface area contributed by atoms with Crippen LogP contribution < -0.4 is 5.32 Å². The maximum Gasteiger partial charge on any atom is 0.0717 e. The van der Waals surface area contributed by atoms with Crippen LogP contribution in [0.1, 0.15) is 83.5 Å². The third-order valence-electron chi connectivity index (χ3n) is 6.80. The van der Waals surface area contributed by atoms with Gasteiger partial charge < -0.3 is 0 Å². The standard InChI is InChI=1S/C18H32N2/c1-3-11-17-15-9-4-5-10-16(15)19-18(12-6-1)13-7-2-8-14-20(17)18/h15-17,19H,1-14H2. The van der Waals surface area contributed by atoms with Crippen LogP contribution in [0.5, 0.6) is 0 Å². The van der Waals surface area contributed by atoms with E-state index in [4.69, 9.17) is 0 Å². The number of fused-ring (bicyclic) bond motifs is 2. The van der Waals surface area contributed by atoms with E-state index >= 15 is 0 Å². The van der Waals surface area contributed by atoms with Crippen LogP contribution in [-0.2, 0) is 0 Å².